The third-order valence-electron chi connectivity index (χ3n) is 3.30. The Balaban J connectivity index is 2.09. The maximum Gasteiger partial charge on any atom is 0.266 e. The normalized spacial score (nSPS) is 13.5. The van der Waals surface area contributed by atoms with E-state index in [9.17, 15) is 9.59 Å². The number of amides is 2. The molecular weight excluding hydrogens is 292 g/mol. The zero-order valence-electron chi connectivity index (χ0n) is 11.1. The van der Waals surface area contributed by atoms with Crippen LogP contribution in [-0.2, 0) is 0 Å². The Morgan fingerprint density at radius 1 is 1.05 bits per heavy atom. The Bertz CT molecular complexity index is 774. The number of nitrogens with zero attached hydrogens (tertiary/aromatic N) is 1. The summed E-state index contributed by atoms with van der Waals surface area (Å²) in [4.78, 5) is 25.9. The quantitative estimate of drug-likeness (QED) is 0.684. The molecule has 1 aliphatic heterocycles. The molecule has 1 aliphatic rings. The van der Waals surface area contributed by atoms with Gasteiger partial charge in [0.05, 0.1) is 28.9 Å². The second-order valence-electron chi connectivity index (χ2n) is 4.57. The number of rotatable bonds is 2. The van der Waals surface area contributed by atoms with E-state index >= 15 is 0 Å². The zero-order chi connectivity index (χ0) is 15.1. The third-order valence-corrected chi connectivity index (χ3v) is 3.62. The summed E-state index contributed by atoms with van der Waals surface area (Å²) in [5, 5.41) is 0.405. The van der Waals surface area contributed by atoms with Gasteiger partial charge in [0.25, 0.3) is 11.8 Å². The lowest BCUT2D eigenvalue weighted by Gasteiger charge is -2.15. The van der Waals surface area contributed by atoms with Crippen LogP contribution >= 0.6 is 11.6 Å². The van der Waals surface area contributed by atoms with E-state index < -0.39 is 5.91 Å². The van der Waals surface area contributed by atoms with Crippen molar-refractivity contribution in [3.8, 4) is 5.75 Å². The lowest BCUT2D eigenvalue weighted by Crippen LogP contribution is -2.29. The van der Waals surface area contributed by atoms with Gasteiger partial charge in [-0.3, -0.25) is 9.59 Å². The Kier molecular flexibility index (Phi) is 3.07. The molecule has 3 rings (SSSR count). The fourth-order valence-electron chi connectivity index (χ4n) is 2.28. The van der Waals surface area contributed by atoms with Crippen molar-refractivity contribution < 1.29 is 14.3 Å². The van der Waals surface area contributed by atoms with Gasteiger partial charge in [-0.05, 0) is 30.3 Å². The van der Waals surface area contributed by atoms with Gasteiger partial charge in [-0.15, -0.1) is 0 Å². The first-order valence-electron chi connectivity index (χ1n) is 6.15. The van der Waals surface area contributed by atoms with E-state index in [2.05, 4.69) is 0 Å². The Morgan fingerprint density at radius 2 is 1.76 bits per heavy atom. The molecule has 0 radical (unpaired) electrons. The van der Waals surface area contributed by atoms with Crippen molar-refractivity contribution in [2.75, 3.05) is 17.7 Å². The minimum absolute atomic E-state index is 0.300. The summed E-state index contributed by atoms with van der Waals surface area (Å²) in [6, 6.07) is 9.37. The topological polar surface area (TPSA) is 72.6 Å². The van der Waals surface area contributed by atoms with Gasteiger partial charge in [-0.25, -0.2) is 4.90 Å². The average molecular weight is 303 g/mol. The van der Waals surface area contributed by atoms with E-state index in [1.54, 1.807) is 30.3 Å². The van der Waals surface area contributed by atoms with Crippen LogP contribution < -0.4 is 15.4 Å². The molecule has 0 aliphatic carbocycles. The number of carbonyl (C=O) groups excluding carboxylic acids is 2. The van der Waals surface area contributed by atoms with Crippen molar-refractivity contribution in [1.29, 1.82) is 0 Å². The first-order valence-corrected chi connectivity index (χ1v) is 6.52. The van der Waals surface area contributed by atoms with E-state index in [4.69, 9.17) is 22.1 Å². The van der Waals surface area contributed by atoms with E-state index in [0.29, 0.717) is 33.3 Å². The Labute approximate surface area is 125 Å². The maximum atomic E-state index is 12.4. The summed E-state index contributed by atoms with van der Waals surface area (Å²) in [5.41, 5.74) is 7.14. The molecule has 2 aromatic carbocycles. The van der Waals surface area contributed by atoms with Crippen LogP contribution in [0.25, 0.3) is 0 Å². The minimum Gasteiger partial charge on any atom is -0.495 e. The lowest BCUT2D eigenvalue weighted by molar-refractivity contribution is 0.0926. The van der Waals surface area contributed by atoms with Gasteiger partial charge >= 0.3 is 0 Å². The first-order chi connectivity index (χ1) is 10.0. The standard InChI is InChI=1S/C15H11ClN2O3/c1-21-13-7-9(3-5-12(13)16)18-14(19)10-4-2-8(17)6-11(10)15(18)20/h2-7H,17H2,1H3. The number of anilines is 2. The van der Waals surface area contributed by atoms with Crippen LogP contribution in [0.15, 0.2) is 36.4 Å². The lowest BCUT2D eigenvalue weighted by atomic mass is 10.1. The molecule has 0 spiro atoms. The molecule has 0 fully saturated rings. The predicted octanol–water partition coefficient (Wildman–Crippen LogP) is 2.73. The highest BCUT2D eigenvalue weighted by Gasteiger charge is 2.36. The van der Waals surface area contributed by atoms with Gasteiger partial charge in [0.15, 0.2) is 0 Å². The zero-order valence-corrected chi connectivity index (χ0v) is 11.8. The van der Waals surface area contributed by atoms with Gasteiger partial charge in [-0.1, -0.05) is 11.6 Å². The monoisotopic (exact) mass is 302 g/mol. The van der Waals surface area contributed by atoms with E-state index in [-0.39, 0.29) is 5.91 Å². The van der Waals surface area contributed by atoms with Crippen LogP contribution in [-0.4, -0.2) is 18.9 Å². The first kappa shape index (κ1) is 13.5. The van der Waals surface area contributed by atoms with Crippen LogP contribution in [0.1, 0.15) is 20.7 Å². The fourth-order valence-corrected chi connectivity index (χ4v) is 2.48. The summed E-state index contributed by atoms with van der Waals surface area (Å²) in [5.74, 6) is -0.406. The van der Waals surface area contributed by atoms with Gasteiger partial charge in [0.1, 0.15) is 5.75 Å². The molecule has 5 nitrogen and oxygen atoms in total. The number of nitrogens with two attached hydrogens (primary N) is 1. The van der Waals surface area contributed by atoms with Crippen LogP contribution in [0.4, 0.5) is 11.4 Å². The predicted molar refractivity (Wildman–Crippen MR) is 80.0 cm³/mol. The van der Waals surface area contributed by atoms with Crippen LogP contribution in [0, 0.1) is 0 Å². The minimum atomic E-state index is -0.410. The molecule has 106 valence electrons. The summed E-state index contributed by atoms with van der Waals surface area (Å²) in [6.45, 7) is 0. The van der Waals surface area contributed by atoms with Crippen LogP contribution in [0.5, 0.6) is 5.75 Å². The molecule has 2 aromatic rings. The highest BCUT2D eigenvalue weighted by Crippen LogP contribution is 2.34. The smallest absolute Gasteiger partial charge is 0.266 e. The molecule has 0 atom stereocenters. The number of imide groups is 1. The second kappa shape index (κ2) is 4.79. The van der Waals surface area contributed by atoms with Gasteiger partial charge in [-0.2, -0.15) is 0 Å². The largest absolute Gasteiger partial charge is 0.495 e. The molecular formula is C15H11ClN2O3. The number of hydrogen-bond donors (Lipinski definition) is 1. The van der Waals surface area contributed by atoms with Crippen molar-refractivity contribution in [1.82, 2.24) is 0 Å². The second-order valence-corrected chi connectivity index (χ2v) is 4.98. The molecule has 2 amide bonds. The Morgan fingerprint density at radius 3 is 2.48 bits per heavy atom. The summed E-state index contributed by atoms with van der Waals surface area (Å²) in [7, 11) is 1.47. The number of carbonyl (C=O) groups is 2. The average Bonchev–Trinajstić information content (AvgIpc) is 2.71. The van der Waals surface area contributed by atoms with Crippen molar-refractivity contribution in [3.05, 3.63) is 52.5 Å². The van der Waals surface area contributed by atoms with E-state index in [1.807, 2.05) is 0 Å². The number of methoxy groups -OCH3 is 1. The molecule has 1 heterocycles. The molecule has 0 saturated heterocycles. The van der Waals surface area contributed by atoms with Crippen molar-refractivity contribution >= 4 is 34.8 Å². The number of nitrogen functional groups attached to an aromatic ring is 1. The molecule has 21 heavy (non-hydrogen) atoms. The van der Waals surface area contributed by atoms with Crippen LogP contribution in [0.3, 0.4) is 0 Å². The molecule has 6 heteroatoms. The highest BCUT2D eigenvalue weighted by atomic mass is 35.5. The summed E-state index contributed by atoms with van der Waals surface area (Å²) in [6.07, 6.45) is 0. The van der Waals surface area contributed by atoms with Gasteiger partial charge in [0.2, 0.25) is 0 Å². The third kappa shape index (κ3) is 2.02. The number of benzene rings is 2. The molecule has 0 aromatic heterocycles. The van der Waals surface area contributed by atoms with Crippen molar-refractivity contribution in [2.45, 2.75) is 0 Å². The van der Waals surface area contributed by atoms with E-state index in [1.165, 1.54) is 13.2 Å². The van der Waals surface area contributed by atoms with Crippen molar-refractivity contribution in [3.63, 3.8) is 0 Å². The fraction of sp³-hybridized carbons (Fsp3) is 0.0667. The molecule has 0 bridgehead atoms. The van der Waals surface area contributed by atoms with Gasteiger partial charge < -0.3 is 10.5 Å². The number of fused-ring (bicyclic) bond motifs is 1. The molecule has 0 unspecified atom stereocenters. The summed E-state index contributed by atoms with van der Waals surface area (Å²) < 4.78 is 5.11. The van der Waals surface area contributed by atoms with Gasteiger partial charge in [0, 0.05) is 11.8 Å². The number of ether oxygens (including phenoxy) is 1. The summed E-state index contributed by atoms with van der Waals surface area (Å²) >= 11 is 5.96. The SMILES string of the molecule is COc1cc(N2C(=O)c3ccc(N)cc3C2=O)ccc1Cl. The number of hydrogen-bond acceptors (Lipinski definition) is 4. The maximum absolute atomic E-state index is 12.4. The Hall–Kier alpha value is -2.53. The highest BCUT2D eigenvalue weighted by molar-refractivity contribution is 6.35. The van der Waals surface area contributed by atoms with Crippen molar-refractivity contribution in [2.24, 2.45) is 0 Å². The van der Waals surface area contributed by atoms with Crippen LogP contribution in [0.2, 0.25) is 5.02 Å². The molecule has 0 saturated carbocycles. The number of halogens is 1. The molecule has 2 N–H and O–H groups in total. The van der Waals surface area contributed by atoms with E-state index in [0.717, 1.165) is 4.90 Å².